The minimum absolute atomic E-state index is 0.518. The van der Waals surface area contributed by atoms with Crippen molar-refractivity contribution in [3.8, 4) is 0 Å². The molecule has 0 aliphatic heterocycles. The Morgan fingerprint density at radius 3 is 2.41 bits per heavy atom. The average molecular weight is 297 g/mol. The highest BCUT2D eigenvalue weighted by Crippen LogP contribution is 2.39. The van der Waals surface area contributed by atoms with E-state index in [0.717, 1.165) is 24.1 Å². The maximum atomic E-state index is 3.59. The van der Waals surface area contributed by atoms with Gasteiger partial charge in [-0.3, -0.25) is 0 Å². The van der Waals surface area contributed by atoms with Crippen molar-refractivity contribution in [1.82, 2.24) is 10.6 Å². The van der Waals surface area contributed by atoms with E-state index in [1.807, 2.05) is 0 Å². The van der Waals surface area contributed by atoms with Crippen molar-refractivity contribution in [1.29, 1.82) is 0 Å². The van der Waals surface area contributed by atoms with Crippen LogP contribution in [0.25, 0.3) is 0 Å². The van der Waals surface area contributed by atoms with Crippen LogP contribution in [0.2, 0.25) is 0 Å². The summed E-state index contributed by atoms with van der Waals surface area (Å²) in [5, 5.41) is 6.91. The van der Waals surface area contributed by atoms with E-state index in [0.29, 0.717) is 5.41 Å². The van der Waals surface area contributed by atoms with E-state index in [2.05, 4.69) is 57.9 Å². The summed E-state index contributed by atoms with van der Waals surface area (Å²) in [7, 11) is 2.05. The summed E-state index contributed by atoms with van der Waals surface area (Å²) in [6, 6.07) is 8.54. The van der Waals surface area contributed by atoms with E-state index >= 15 is 0 Å². The van der Waals surface area contributed by atoms with Gasteiger partial charge in [0.1, 0.15) is 0 Å². The summed E-state index contributed by atoms with van der Waals surface area (Å²) < 4.78 is 1.15. The summed E-state index contributed by atoms with van der Waals surface area (Å²) in [5.41, 5.74) is 1.87. The van der Waals surface area contributed by atoms with Gasteiger partial charge in [-0.1, -0.05) is 34.5 Å². The fraction of sp³-hybridized carbons (Fsp3) is 0.571. The second-order valence-corrected chi connectivity index (χ2v) is 6.03. The van der Waals surface area contributed by atoms with E-state index in [4.69, 9.17) is 0 Å². The molecule has 1 aromatic carbocycles. The first-order valence-corrected chi connectivity index (χ1v) is 7.13. The zero-order valence-electron chi connectivity index (χ0n) is 10.4. The second kappa shape index (κ2) is 5.98. The number of hydrogen-bond acceptors (Lipinski definition) is 2. The van der Waals surface area contributed by atoms with Crippen molar-refractivity contribution in [2.75, 3.05) is 20.1 Å². The Kier molecular flexibility index (Phi) is 4.60. The van der Waals surface area contributed by atoms with Gasteiger partial charge in [-0.05, 0) is 43.0 Å². The van der Waals surface area contributed by atoms with Crippen molar-refractivity contribution in [2.24, 2.45) is 5.41 Å². The van der Waals surface area contributed by atoms with Crippen LogP contribution in [0.5, 0.6) is 0 Å². The molecule has 0 amide bonds. The van der Waals surface area contributed by atoms with Gasteiger partial charge in [-0.25, -0.2) is 0 Å². The zero-order chi connectivity index (χ0) is 12.1. The molecule has 0 bridgehead atoms. The van der Waals surface area contributed by atoms with Crippen LogP contribution in [0, 0.1) is 5.41 Å². The molecule has 1 aromatic rings. The molecule has 0 radical (unpaired) electrons. The lowest BCUT2D eigenvalue weighted by atomic mass is 9.68. The smallest absolute Gasteiger partial charge is 0.0205 e. The maximum absolute atomic E-state index is 3.59. The van der Waals surface area contributed by atoms with Crippen molar-refractivity contribution >= 4 is 15.9 Å². The predicted molar refractivity (Wildman–Crippen MR) is 76.1 cm³/mol. The van der Waals surface area contributed by atoms with Crippen molar-refractivity contribution < 1.29 is 0 Å². The lowest BCUT2D eigenvalue weighted by Gasteiger charge is -2.42. The third-order valence-corrected chi connectivity index (χ3v) is 4.24. The number of hydrogen-bond donors (Lipinski definition) is 2. The number of nitrogens with one attached hydrogen (secondary N) is 2. The monoisotopic (exact) mass is 296 g/mol. The van der Waals surface area contributed by atoms with Gasteiger partial charge in [-0.15, -0.1) is 0 Å². The molecule has 0 saturated heterocycles. The predicted octanol–water partition coefficient (Wildman–Crippen LogP) is 2.93. The molecule has 0 unspecified atom stereocenters. The Morgan fingerprint density at radius 1 is 1.18 bits per heavy atom. The molecule has 17 heavy (non-hydrogen) atoms. The highest BCUT2D eigenvalue weighted by Gasteiger charge is 2.35. The summed E-state index contributed by atoms with van der Waals surface area (Å²) in [4.78, 5) is 0. The summed E-state index contributed by atoms with van der Waals surface area (Å²) >= 11 is 3.46. The molecule has 2 rings (SSSR count). The molecule has 1 fully saturated rings. The van der Waals surface area contributed by atoms with E-state index in [1.54, 1.807) is 0 Å². The van der Waals surface area contributed by atoms with Crippen LogP contribution in [0.15, 0.2) is 28.7 Å². The number of benzene rings is 1. The Labute approximate surface area is 112 Å². The zero-order valence-corrected chi connectivity index (χ0v) is 12.0. The normalized spacial score (nSPS) is 17.8. The first-order chi connectivity index (χ1) is 8.24. The molecule has 0 atom stereocenters. The molecule has 2 nitrogen and oxygen atoms in total. The van der Waals surface area contributed by atoms with Crippen LogP contribution in [-0.4, -0.2) is 20.1 Å². The van der Waals surface area contributed by atoms with Gasteiger partial charge in [0.05, 0.1) is 0 Å². The summed E-state index contributed by atoms with van der Waals surface area (Å²) in [5.74, 6) is 0. The van der Waals surface area contributed by atoms with E-state index in [1.165, 1.54) is 24.8 Å². The minimum atomic E-state index is 0.518. The Hall–Kier alpha value is -0.380. The Balaban J connectivity index is 1.77. The third kappa shape index (κ3) is 3.54. The van der Waals surface area contributed by atoms with E-state index < -0.39 is 0 Å². The van der Waals surface area contributed by atoms with Gasteiger partial charge in [-0.2, -0.15) is 0 Å². The van der Waals surface area contributed by atoms with E-state index in [-0.39, 0.29) is 0 Å². The Bertz CT molecular complexity index is 344. The summed E-state index contributed by atoms with van der Waals surface area (Å²) in [6.07, 6.45) is 4.12. The average Bonchev–Trinajstić information content (AvgIpc) is 2.28. The van der Waals surface area contributed by atoms with Gasteiger partial charge in [0.15, 0.2) is 0 Å². The van der Waals surface area contributed by atoms with Gasteiger partial charge in [0, 0.05) is 24.1 Å². The topological polar surface area (TPSA) is 24.1 Å². The molecule has 1 aliphatic rings. The highest BCUT2D eigenvalue weighted by molar-refractivity contribution is 9.10. The van der Waals surface area contributed by atoms with Crippen LogP contribution in [0.4, 0.5) is 0 Å². The van der Waals surface area contributed by atoms with E-state index in [9.17, 15) is 0 Å². The minimum Gasteiger partial charge on any atom is -0.319 e. The van der Waals surface area contributed by atoms with Crippen LogP contribution in [0.1, 0.15) is 24.8 Å². The first-order valence-electron chi connectivity index (χ1n) is 6.34. The van der Waals surface area contributed by atoms with Crippen LogP contribution >= 0.6 is 15.9 Å². The lowest BCUT2D eigenvalue weighted by molar-refractivity contribution is 0.130. The van der Waals surface area contributed by atoms with Crippen LogP contribution in [0.3, 0.4) is 0 Å². The molecule has 1 aliphatic carbocycles. The largest absolute Gasteiger partial charge is 0.319 e. The molecule has 1 saturated carbocycles. The second-order valence-electron chi connectivity index (χ2n) is 5.11. The molecule has 94 valence electrons. The lowest BCUT2D eigenvalue weighted by Crippen LogP contribution is -2.46. The molecular formula is C14H21BrN2. The fourth-order valence-electron chi connectivity index (χ4n) is 2.54. The van der Waals surface area contributed by atoms with Crippen molar-refractivity contribution in [2.45, 2.75) is 25.8 Å². The van der Waals surface area contributed by atoms with Gasteiger partial charge in [0.25, 0.3) is 0 Å². The molecule has 0 spiro atoms. The van der Waals surface area contributed by atoms with Crippen LogP contribution < -0.4 is 10.6 Å². The van der Waals surface area contributed by atoms with Crippen molar-refractivity contribution in [3.63, 3.8) is 0 Å². The standard InChI is InChI=1S/C14H21BrN2/c1-16-10-14(7-2-8-14)11-17-9-12-3-5-13(15)6-4-12/h3-6,16-17H,2,7-11H2,1H3. The fourth-order valence-corrected chi connectivity index (χ4v) is 2.81. The highest BCUT2D eigenvalue weighted by atomic mass is 79.9. The maximum Gasteiger partial charge on any atom is 0.0205 e. The van der Waals surface area contributed by atoms with Gasteiger partial charge < -0.3 is 10.6 Å². The number of rotatable bonds is 6. The molecule has 3 heteroatoms. The molecule has 2 N–H and O–H groups in total. The quantitative estimate of drug-likeness (QED) is 0.843. The molecule has 0 heterocycles. The Morgan fingerprint density at radius 2 is 1.88 bits per heavy atom. The third-order valence-electron chi connectivity index (χ3n) is 3.71. The van der Waals surface area contributed by atoms with Gasteiger partial charge in [0.2, 0.25) is 0 Å². The van der Waals surface area contributed by atoms with Crippen molar-refractivity contribution in [3.05, 3.63) is 34.3 Å². The SMILES string of the molecule is CNCC1(CNCc2ccc(Br)cc2)CCC1. The molecule has 0 aromatic heterocycles. The van der Waals surface area contributed by atoms with Crippen LogP contribution in [-0.2, 0) is 6.54 Å². The first kappa shape index (κ1) is 13.1. The summed E-state index contributed by atoms with van der Waals surface area (Å²) in [6.45, 7) is 3.24. The number of halogens is 1. The van der Waals surface area contributed by atoms with Gasteiger partial charge >= 0.3 is 0 Å². The molecular weight excluding hydrogens is 276 g/mol.